The van der Waals surface area contributed by atoms with Gasteiger partial charge in [-0.15, -0.1) is 0 Å². The number of fused-ring (bicyclic) bond motifs is 1. The SMILES string of the molecule is COC(=O)c1ccc2c(c1)NC(=O)/C2=C\Nc1ccc(CN2CCCCC2)cc1. The largest absolute Gasteiger partial charge is 0.465 e. The van der Waals surface area contributed by atoms with E-state index >= 15 is 0 Å². The molecule has 2 aromatic rings. The summed E-state index contributed by atoms with van der Waals surface area (Å²) in [6, 6.07) is 13.4. The third kappa shape index (κ3) is 4.32. The molecule has 0 radical (unpaired) electrons. The summed E-state index contributed by atoms with van der Waals surface area (Å²) in [7, 11) is 1.33. The monoisotopic (exact) mass is 391 g/mol. The number of esters is 1. The number of hydrogen-bond donors (Lipinski definition) is 2. The Morgan fingerprint density at radius 1 is 1.14 bits per heavy atom. The highest BCUT2D eigenvalue weighted by Gasteiger charge is 2.25. The van der Waals surface area contributed by atoms with Crippen LogP contribution in [0.5, 0.6) is 0 Å². The molecule has 2 N–H and O–H groups in total. The Labute approximate surface area is 170 Å². The van der Waals surface area contributed by atoms with Crippen molar-refractivity contribution >= 4 is 28.8 Å². The first-order chi connectivity index (χ1) is 14.1. The van der Waals surface area contributed by atoms with Crippen molar-refractivity contribution in [3.05, 3.63) is 65.4 Å². The van der Waals surface area contributed by atoms with Crippen molar-refractivity contribution in [1.29, 1.82) is 0 Å². The zero-order chi connectivity index (χ0) is 20.2. The van der Waals surface area contributed by atoms with Gasteiger partial charge in [-0.3, -0.25) is 9.69 Å². The lowest BCUT2D eigenvalue weighted by atomic mass is 10.1. The number of methoxy groups -OCH3 is 1. The number of hydrogen-bond acceptors (Lipinski definition) is 5. The molecule has 0 aliphatic carbocycles. The molecule has 2 aliphatic heterocycles. The predicted octanol–water partition coefficient (Wildman–Crippen LogP) is 3.86. The van der Waals surface area contributed by atoms with Gasteiger partial charge in [-0.25, -0.2) is 4.79 Å². The maximum absolute atomic E-state index is 12.3. The molecule has 6 nitrogen and oxygen atoms in total. The number of piperidine rings is 1. The number of anilines is 2. The van der Waals surface area contributed by atoms with Crippen molar-refractivity contribution < 1.29 is 14.3 Å². The Balaban J connectivity index is 1.44. The normalized spacial score (nSPS) is 17.7. The Morgan fingerprint density at radius 2 is 1.90 bits per heavy atom. The van der Waals surface area contributed by atoms with E-state index in [1.54, 1.807) is 24.4 Å². The topological polar surface area (TPSA) is 70.7 Å². The summed E-state index contributed by atoms with van der Waals surface area (Å²) in [5.41, 5.74) is 4.54. The van der Waals surface area contributed by atoms with Crippen LogP contribution in [0.1, 0.15) is 40.7 Å². The minimum Gasteiger partial charge on any atom is -0.465 e. The first kappa shape index (κ1) is 19.2. The molecule has 1 amide bonds. The summed E-state index contributed by atoms with van der Waals surface area (Å²) < 4.78 is 4.73. The first-order valence-electron chi connectivity index (χ1n) is 9.96. The molecule has 2 aromatic carbocycles. The number of carbonyl (C=O) groups is 2. The van der Waals surface area contributed by atoms with E-state index in [9.17, 15) is 9.59 Å². The average molecular weight is 391 g/mol. The quantitative estimate of drug-likeness (QED) is 0.598. The minimum atomic E-state index is -0.428. The fourth-order valence-corrected chi connectivity index (χ4v) is 3.82. The highest BCUT2D eigenvalue weighted by Crippen LogP contribution is 2.32. The second kappa shape index (κ2) is 8.49. The molecule has 0 unspecified atom stereocenters. The summed E-state index contributed by atoms with van der Waals surface area (Å²) in [5.74, 6) is -0.626. The molecule has 0 saturated carbocycles. The van der Waals surface area contributed by atoms with Crippen LogP contribution in [0.4, 0.5) is 11.4 Å². The molecule has 29 heavy (non-hydrogen) atoms. The summed E-state index contributed by atoms with van der Waals surface area (Å²) in [4.78, 5) is 26.5. The second-order valence-electron chi connectivity index (χ2n) is 7.44. The number of likely N-dealkylation sites (tertiary alicyclic amines) is 1. The lowest BCUT2D eigenvalue weighted by Gasteiger charge is -2.26. The van der Waals surface area contributed by atoms with Crippen LogP contribution < -0.4 is 10.6 Å². The van der Waals surface area contributed by atoms with Crippen molar-refractivity contribution in [2.24, 2.45) is 0 Å². The highest BCUT2D eigenvalue weighted by molar-refractivity contribution is 6.31. The maximum atomic E-state index is 12.3. The van der Waals surface area contributed by atoms with Gasteiger partial charge >= 0.3 is 5.97 Å². The van der Waals surface area contributed by atoms with Crippen LogP contribution in [0, 0.1) is 0 Å². The fourth-order valence-electron chi connectivity index (χ4n) is 3.82. The van der Waals surface area contributed by atoms with Gasteiger partial charge in [0.15, 0.2) is 0 Å². The van der Waals surface area contributed by atoms with E-state index in [1.807, 2.05) is 12.1 Å². The van der Waals surface area contributed by atoms with Crippen LogP contribution >= 0.6 is 0 Å². The van der Waals surface area contributed by atoms with Crippen LogP contribution in [0.2, 0.25) is 0 Å². The van der Waals surface area contributed by atoms with Gasteiger partial charge in [0.1, 0.15) is 0 Å². The van der Waals surface area contributed by atoms with E-state index in [2.05, 4.69) is 27.7 Å². The molecule has 0 bridgehead atoms. The molecular weight excluding hydrogens is 366 g/mol. The highest BCUT2D eigenvalue weighted by atomic mass is 16.5. The number of amides is 1. The smallest absolute Gasteiger partial charge is 0.337 e. The zero-order valence-corrected chi connectivity index (χ0v) is 16.5. The summed E-state index contributed by atoms with van der Waals surface area (Å²) >= 11 is 0. The number of benzene rings is 2. The van der Waals surface area contributed by atoms with E-state index in [0.29, 0.717) is 16.8 Å². The molecule has 1 saturated heterocycles. The van der Waals surface area contributed by atoms with E-state index in [-0.39, 0.29) is 5.91 Å². The third-order valence-corrected chi connectivity index (χ3v) is 5.42. The van der Waals surface area contributed by atoms with E-state index in [1.165, 1.54) is 45.0 Å². The predicted molar refractivity (Wildman–Crippen MR) is 114 cm³/mol. The number of rotatable bonds is 5. The average Bonchev–Trinajstić information content (AvgIpc) is 3.07. The molecule has 0 aromatic heterocycles. The van der Waals surface area contributed by atoms with Crippen molar-refractivity contribution in [2.45, 2.75) is 25.8 Å². The van der Waals surface area contributed by atoms with Gasteiger partial charge in [0.25, 0.3) is 5.91 Å². The van der Waals surface area contributed by atoms with Crippen molar-refractivity contribution in [2.75, 3.05) is 30.8 Å². The Hall–Kier alpha value is -3.12. The van der Waals surface area contributed by atoms with Crippen LogP contribution in [-0.4, -0.2) is 37.0 Å². The molecule has 150 valence electrons. The maximum Gasteiger partial charge on any atom is 0.337 e. The Kier molecular flexibility index (Phi) is 5.62. The molecule has 4 rings (SSSR count). The molecule has 2 heterocycles. The van der Waals surface area contributed by atoms with Crippen molar-refractivity contribution in [1.82, 2.24) is 4.90 Å². The van der Waals surface area contributed by atoms with Gasteiger partial charge in [-0.2, -0.15) is 0 Å². The molecule has 2 aliphatic rings. The standard InChI is InChI=1S/C23H25N3O3/c1-29-23(28)17-7-10-19-20(22(27)25-21(19)13-17)14-24-18-8-5-16(6-9-18)15-26-11-3-2-4-12-26/h5-10,13-14,24H,2-4,11-12,15H2,1H3,(H,25,27)/b20-14-. The van der Waals surface area contributed by atoms with Gasteiger partial charge in [-0.05, 0) is 55.8 Å². The van der Waals surface area contributed by atoms with Crippen LogP contribution in [0.15, 0.2) is 48.7 Å². The number of nitrogens with zero attached hydrogens (tertiary/aromatic N) is 1. The molecule has 6 heteroatoms. The number of ether oxygens (including phenoxy) is 1. The van der Waals surface area contributed by atoms with Gasteiger partial charge in [-0.1, -0.05) is 24.6 Å². The zero-order valence-electron chi connectivity index (χ0n) is 16.5. The number of nitrogens with one attached hydrogen (secondary N) is 2. The van der Waals surface area contributed by atoms with Crippen molar-refractivity contribution in [3.63, 3.8) is 0 Å². The lowest BCUT2D eigenvalue weighted by Crippen LogP contribution is -2.29. The van der Waals surface area contributed by atoms with E-state index < -0.39 is 5.97 Å². The van der Waals surface area contributed by atoms with E-state index in [0.717, 1.165) is 17.8 Å². The van der Waals surface area contributed by atoms with Gasteiger partial charge < -0.3 is 15.4 Å². The van der Waals surface area contributed by atoms with Crippen LogP contribution in [-0.2, 0) is 16.1 Å². The van der Waals surface area contributed by atoms with E-state index in [4.69, 9.17) is 4.74 Å². The molecule has 1 fully saturated rings. The van der Waals surface area contributed by atoms with Crippen molar-refractivity contribution in [3.8, 4) is 0 Å². The molecule has 0 atom stereocenters. The summed E-state index contributed by atoms with van der Waals surface area (Å²) in [6.07, 6.45) is 5.63. The third-order valence-electron chi connectivity index (χ3n) is 5.42. The first-order valence-corrected chi connectivity index (χ1v) is 9.96. The van der Waals surface area contributed by atoms with Crippen LogP contribution in [0.3, 0.4) is 0 Å². The lowest BCUT2D eigenvalue weighted by molar-refractivity contribution is -0.110. The number of carbonyl (C=O) groups excluding carboxylic acids is 2. The summed E-state index contributed by atoms with van der Waals surface area (Å²) in [6.45, 7) is 3.34. The minimum absolute atomic E-state index is 0.198. The Morgan fingerprint density at radius 3 is 2.62 bits per heavy atom. The van der Waals surface area contributed by atoms with Gasteiger partial charge in [0.2, 0.25) is 0 Å². The summed E-state index contributed by atoms with van der Waals surface area (Å²) in [5, 5.41) is 6.01. The van der Waals surface area contributed by atoms with Gasteiger partial charge in [0, 0.05) is 29.7 Å². The fraction of sp³-hybridized carbons (Fsp3) is 0.304. The second-order valence-corrected chi connectivity index (χ2v) is 7.44. The molecular formula is C23H25N3O3. The van der Waals surface area contributed by atoms with Gasteiger partial charge in [0.05, 0.1) is 18.2 Å². The van der Waals surface area contributed by atoms with Crippen LogP contribution in [0.25, 0.3) is 5.57 Å². The molecule has 0 spiro atoms. The Bertz CT molecular complexity index is 944.